The number of hydrogen-bond acceptors (Lipinski definition) is 5. The van der Waals surface area contributed by atoms with Gasteiger partial charge in [0, 0.05) is 12.8 Å². The van der Waals surface area contributed by atoms with E-state index in [2.05, 4.69) is 32.6 Å². The van der Waals surface area contributed by atoms with Gasteiger partial charge in [-0.3, -0.25) is 9.59 Å². The minimum absolute atomic E-state index is 0.0439. The lowest BCUT2D eigenvalue weighted by Crippen LogP contribution is -2.20. The molecule has 5 heteroatoms. The highest BCUT2D eigenvalue weighted by atomic mass is 16.5. The summed E-state index contributed by atoms with van der Waals surface area (Å²) in [6.45, 7) is 14.2. The summed E-state index contributed by atoms with van der Waals surface area (Å²) < 4.78 is 11.4. The van der Waals surface area contributed by atoms with Gasteiger partial charge in [0.05, 0.1) is 13.2 Å². The Morgan fingerprint density at radius 1 is 0.386 bits per heavy atom. The smallest absolute Gasteiger partial charge is 0.306 e. The lowest BCUT2D eigenvalue weighted by Gasteiger charge is -2.18. The number of nitrogens with zero attached hydrogens (tertiary/aromatic N) is 1. The zero-order chi connectivity index (χ0) is 41.3. The van der Waals surface area contributed by atoms with Crippen molar-refractivity contribution in [2.24, 2.45) is 17.8 Å². The zero-order valence-electron chi connectivity index (χ0n) is 39.2. The fourth-order valence-electron chi connectivity index (χ4n) is 9.26. The van der Waals surface area contributed by atoms with Gasteiger partial charge in [-0.2, -0.15) is 0 Å². The Balaban J connectivity index is 2.23. The van der Waals surface area contributed by atoms with E-state index in [-0.39, 0.29) is 11.9 Å². The van der Waals surface area contributed by atoms with E-state index < -0.39 is 0 Å². The largest absolute Gasteiger partial charge is 0.466 e. The predicted molar refractivity (Wildman–Crippen MR) is 247 cm³/mol. The summed E-state index contributed by atoms with van der Waals surface area (Å²) in [5.74, 6) is 2.03. The van der Waals surface area contributed by atoms with Crippen molar-refractivity contribution in [1.29, 1.82) is 0 Å². The Morgan fingerprint density at radius 3 is 1.05 bits per heavy atom. The van der Waals surface area contributed by atoms with Crippen molar-refractivity contribution in [1.82, 2.24) is 4.90 Å². The second-order valence-electron chi connectivity index (χ2n) is 18.6. The van der Waals surface area contributed by atoms with Crippen molar-refractivity contribution in [2.75, 3.05) is 32.8 Å². The third-order valence-corrected chi connectivity index (χ3v) is 13.1. The zero-order valence-corrected chi connectivity index (χ0v) is 39.2. The molecule has 0 aromatic rings. The number of unbranched alkanes of at least 4 members (excludes halogenated alkanes) is 20. The number of likely N-dealkylation sites (tertiary alicyclic amines) is 1. The first kappa shape index (κ1) is 53.9. The SMILES string of the molecule is CCCCCC(CCCCC)CC(=O)OCCCCCCCCC(CCCCCCCCOC(=O)CC(CCCCC)CCCCC)CCCCCN1CCCC1. The van der Waals surface area contributed by atoms with Crippen molar-refractivity contribution < 1.29 is 19.1 Å². The molecule has 1 aliphatic heterocycles. The van der Waals surface area contributed by atoms with Crippen molar-refractivity contribution >= 4 is 11.9 Å². The molecule has 0 aromatic heterocycles. The molecular weight excluding hydrogens is 703 g/mol. The van der Waals surface area contributed by atoms with Crippen LogP contribution in [0.4, 0.5) is 0 Å². The van der Waals surface area contributed by atoms with Crippen molar-refractivity contribution in [3.63, 3.8) is 0 Å². The maximum Gasteiger partial charge on any atom is 0.306 e. The molecule has 0 amide bonds. The van der Waals surface area contributed by atoms with E-state index in [1.54, 1.807) is 0 Å². The van der Waals surface area contributed by atoms with Crippen LogP contribution in [0.5, 0.6) is 0 Å². The number of esters is 2. The molecule has 1 fully saturated rings. The molecular formula is C52H101NO4. The van der Waals surface area contributed by atoms with Gasteiger partial charge in [0.2, 0.25) is 0 Å². The molecule has 0 saturated carbocycles. The summed E-state index contributed by atoms with van der Waals surface area (Å²) in [5, 5.41) is 0. The topological polar surface area (TPSA) is 55.8 Å². The summed E-state index contributed by atoms with van der Waals surface area (Å²) in [6, 6.07) is 0. The minimum atomic E-state index is 0.0439. The number of hydrogen-bond donors (Lipinski definition) is 0. The Labute approximate surface area is 357 Å². The second-order valence-corrected chi connectivity index (χ2v) is 18.6. The first-order chi connectivity index (χ1) is 28.0. The normalized spacial score (nSPS) is 13.5. The molecule has 0 aliphatic carbocycles. The van der Waals surface area contributed by atoms with Gasteiger partial charge in [-0.1, -0.05) is 201 Å². The van der Waals surface area contributed by atoms with Crippen LogP contribution in [-0.2, 0) is 19.1 Å². The molecule has 338 valence electrons. The van der Waals surface area contributed by atoms with Crippen molar-refractivity contribution in [3.8, 4) is 0 Å². The fraction of sp³-hybridized carbons (Fsp3) is 0.962. The van der Waals surface area contributed by atoms with Gasteiger partial charge in [-0.05, 0) is 95.2 Å². The van der Waals surface area contributed by atoms with E-state index in [1.807, 2.05) is 0 Å². The van der Waals surface area contributed by atoms with Crippen LogP contribution in [0.2, 0.25) is 0 Å². The molecule has 0 atom stereocenters. The molecule has 1 aliphatic rings. The Hall–Kier alpha value is -1.10. The van der Waals surface area contributed by atoms with Gasteiger partial charge in [0.15, 0.2) is 0 Å². The Morgan fingerprint density at radius 2 is 0.684 bits per heavy atom. The maximum absolute atomic E-state index is 12.6. The molecule has 0 N–H and O–H groups in total. The van der Waals surface area contributed by atoms with Gasteiger partial charge in [0.25, 0.3) is 0 Å². The van der Waals surface area contributed by atoms with Crippen LogP contribution in [0.1, 0.15) is 272 Å². The number of carbonyl (C=O) groups excluding carboxylic acids is 2. The van der Waals surface area contributed by atoms with Gasteiger partial charge >= 0.3 is 11.9 Å². The van der Waals surface area contributed by atoms with E-state index in [4.69, 9.17) is 9.47 Å². The third-order valence-electron chi connectivity index (χ3n) is 13.1. The predicted octanol–water partition coefficient (Wildman–Crippen LogP) is 16.1. The molecule has 1 rings (SSSR count). The van der Waals surface area contributed by atoms with Gasteiger partial charge < -0.3 is 14.4 Å². The van der Waals surface area contributed by atoms with Gasteiger partial charge in [0.1, 0.15) is 0 Å². The van der Waals surface area contributed by atoms with E-state index >= 15 is 0 Å². The molecule has 1 heterocycles. The molecule has 0 unspecified atom stereocenters. The van der Waals surface area contributed by atoms with Crippen LogP contribution >= 0.6 is 0 Å². The monoisotopic (exact) mass is 804 g/mol. The lowest BCUT2D eigenvalue weighted by atomic mass is 9.89. The van der Waals surface area contributed by atoms with Crippen LogP contribution in [-0.4, -0.2) is 49.7 Å². The average Bonchev–Trinajstić information content (AvgIpc) is 3.73. The molecule has 57 heavy (non-hydrogen) atoms. The van der Waals surface area contributed by atoms with Crippen LogP contribution in [0.25, 0.3) is 0 Å². The fourth-order valence-corrected chi connectivity index (χ4v) is 9.26. The average molecular weight is 804 g/mol. The van der Waals surface area contributed by atoms with Crippen molar-refractivity contribution in [3.05, 3.63) is 0 Å². The third kappa shape index (κ3) is 35.4. The Bertz CT molecular complexity index is 781. The van der Waals surface area contributed by atoms with E-state index in [0.717, 1.165) is 18.8 Å². The quantitative estimate of drug-likeness (QED) is 0.0454. The number of rotatable bonds is 44. The van der Waals surface area contributed by atoms with Crippen LogP contribution in [0, 0.1) is 17.8 Å². The molecule has 1 saturated heterocycles. The maximum atomic E-state index is 12.6. The molecule has 0 aromatic carbocycles. The summed E-state index contributed by atoms with van der Waals surface area (Å²) in [6.07, 6.45) is 47.4. The minimum Gasteiger partial charge on any atom is -0.466 e. The summed E-state index contributed by atoms with van der Waals surface area (Å²) in [5.41, 5.74) is 0. The summed E-state index contributed by atoms with van der Waals surface area (Å²) >= 11 is 0. The molecule has 5 nitrogen and oxygen atoms in total. The standard InChI is InChI=1S/C52H101NO4/c1-5-9-22-37-49(38-23-10-6-2)46-51(54)56-44-32-19-15-13-17-26-34-48(36-28-21-29-41-53-42-30-31-43-53)35-27-18-14-16-20-33-45-57-52(55)47-50(39-24-11-7-3)40-25-12-8-4/h48-50H,5-47H2,1-4H3. The van der Waals surface area contributed by atoms with E-state index in [9.17, 15) is 9.59 Å². The highest BCUT2D eigenvalue weighted by Crippen LogP contribution is 2.26. The highest BCUT2D eigenvalue weighted by Gasteiger charge is 2.16. The van der Waals surface area contributed by atoms with Gasteiger partial charge in [-0.15, -0.1) is 0 Å². The lowest BCUT2D eigenvalue weighted by molar-refractivity contribution is -0.146. The van der Waals surface area contributed by atoms with Gasteiger partial charge in [-0.25, -0.2) is 0 Å². The Kier molecular flexibility index (Phi) is 39.4. The number of ether oxygens (including phenoxy) is 2. The highest BCUT2D eigenvalue weighted by molar-refractivity contribution is 5.70. The molecule has 0 spiro atoms. The van der Waals surface area contributed by atoms with Crippen LogP contribution < -0.4 is 0 Å². The molecule has 0 bridgehead atoms. The number of carbonyl (C=O) groups is 2. The van der Waals surface area contributed by atoms with Crippen LogP contribution in [0.15, 0.2) is 0 Å². The summed E-state index contributed by atoms with van der Waals surface area (Å²) in [4.78, 5) is 27.8. The van der Waals surface area contributed by atoms with Crippen molar-refractivity contribution in [2.45, 2.75) is 272 Å². The molecule has 0 radical (unpaired) electrons. The van der Waals surface area contributed by atoms with Crippen LogP contribution in [0.3, 0.4) is 0 Å². The van der Waals surface area contributed by atoms with E-state index in [0.29, 0.717) is 37.9 Å². The second kappa shape index (κ2) is 41.6. The first-order valence-corrected chi connectivity index (χ1v) is 26.1. The summed E-state index contributed by atoms with van der Waals surface area (Å²) in [7, 11) is 0. The first-order valence-electron chi connectivity index (χ1n) is 26.1. The van der Waals surface area contributed by atoms with E-state index in [1.165, 1.54) is 238 Å².